The van der Waals surface area contributed by atoms with Gasteiger partial charge in [-0.25, -0.2) is 9.07 Å². The molecule has 0 aliphatic heterocycles. The van der Waals surface area contributed by atoms with Gasteiger partial charge in [0.05, 0.1) is 17.3 Å². The lowest BCUT2D eigenvalue weighted by Gasteiger charge is -2.01. The van der Waals surface area contributed by atoms with Crippen molar-refractivity contribution in [2.75, 3.05) is 0 Å². The van der Waals surface area contributed by atoms with E-state index in [-0.39, 0.29) is 11.2 Å². The Balaban J connectivity index is 2.42. The molecule has 1 atom stereocenters. The van der Waals surface area contributed by atoms with Gasteiger partial charge in [0.25, 0.3) is 0 Å². The minimum atomic E-state index is -0.286. The van der Waals surface area contributed by atoms with Gasteiger partial charge in [0.2, 0.25) is 0 Å². The van der Waals surface area contributed by atoms with Crippen LogP contribution in [0.5, 0.6) is 0 Å². The first-order chi connectivity index (χ1) is 7.56. The summed E-state index contributed by atoms with van der Waals surface area (Å²) in [6, 6.07) is 4.70. The maximum absolute atomic E-state index is 13.2. The molecule has 0 radical (unpaired) electrons. The highest BCUT2D eigenvalue weighted by Crippen LogP contribution is 2.18. The number of halogens is 2. The molecule has 1 unspecified atom stereocenters. The molecule has 0 fully saturated rings. The molecule has 5 heteroatoms. The highest BCUT2D eigenvalue weighted by Gasteiger charge is 2.08. The Morgan fingerprint density at radius 2 is 2.12 bits per heavy atom. The molecule has 84 valence electrons. The Morgan fingerprint density at radius 1 is 1.38 bits per heavy atom. The third-order valence-corrected chi connectivity index (χ3v) is 2.43. The number of benzene rings is 1. The third-order valence-electron chi connectivity index (χ3n) is 2.21. The van der Waals surface area contributed by atoms with E-state index in [0.717, 1.165) is 5.56 Å². The van der Waals surface area contributed by atoms with Gasteiger partial charge in [0.1, 0.15) is 11.5 Å². The van der Waals surface area contributed by atoms with E-state index in [9.17, 15) is 4.39 Å². The molecule has 0 N–H and O–H groups in total. The summed E-state index contributed by atoms with van der Waals surface area (Å²) in [6.45, 7) is 3.64. The monoisotopic (exact) mass is 239 g/mol. The summed E-state index contributed by atoms with van der Waals surface area (Å²) in [4.78, 5) is 0. The summed E-state index contributed by atoms with van der Waals surface area (Å²) in [5.41, 5.74) is 2.16. The Morgan fingerprint density at radius 3 is 2.69 bits per heavy atom. The molecule has 2 aromatic rings. The second-order valence-corrected chi connectivity index (χ2v) is 4.35. The molecule has 0 saturated heterocycles. The van der Waals surface area contributed by atoms with Gasteiger partial charge in [-0.1, -0.05) is 5.21 Å². The number of alkyl halides is 1. The molecule has 0 spiro atoms. The Bertz CT molecular complexity index is 487. The Labute approximate surface area is 97.8 Å². The zero-order valence-electron chi connectivity index (χ0n) is 8.98. The Kier molecular flexibility index (Phi) is 2.92. The highest BCUT2D eigenvalue weighted by molar-refractivity contribution is 6.20. The Hall–Kier alpha value is -1.42. The van der Waals surface area contributed by atoms with Crippen LogP contribution >= 0.6 is 11.6 Å². The fraction of sp³-hybridized carbons (Fsp3) is 0.273. The molecular formula is C11H11ClFN3. The third kappa shape index (κ3) is 2.22. The van der Waals surface area contributed by atoms with E-state index in [1.165, 1.54) is 16.8 Å². The highest BCUT2D eigenvalue weighted by atomic mass is 35.5. The first-order valence-corrected chi connectivity index (χ1v) is 5.34. The topological polar surface area (TPSA) is 30.7 Å². The van der Waals surface area contributed by atoms with Gasteiger partial charge >= 0.3 is 0 Å². The predicted octanol–water partition coefficient (Wildman–Crippen LogP) is 3.01. The van der Waals surface area contributed by atoms with Crippen LogP contribution in [0.25, 0.3) is 5.69 Å². The lowest BCUT2D eigenvalue weighted by atomic mass is 10.2. The number of hydrogen-bond acceptors (Lipinski definition) is 2. The second kappa shape index (κ2) is 4.22. The average molecular weight is 240 g/mol. The molecule has 0 amide bonds. The molecule has 16 heavy (non-hydrogen) atoms. The van der Waals surface area contributed by atoms with Crippen LogP contribution in [0.4, 0.5) is 4.39 Å². The number of rotatable bonds is 2. The van der Waals surface area contributed by atoms with Crippen molar-refractivity contribution in [1.29, 1.82) is 0 Å². The van der Waals surface area contributed by atoms with E-state index < -0.39 is 0 Å². The zero-order valence-corrected chi connectivity index (χ0v) is 9.74. The molecule has 1 heterocycles. The largest absolute Gasteiger partial charge is 0.220 e. The maximum Gasteiger partial charge on any atom is 0.125 e. The van der Waals surface area contributed by atoms with Crippen molar-refractivity contribution < 1.29 is 4.39 Å². The molecule has 0 bridgehead atoms. The summed E-state index contributed by atoms with van der Waals surface area (Å²) in [7, 11) is 0. The average Bonchev–Trinajstić information content (AvgIpc) is 2.64. The van der Waals surface area contributed by atoms with Crippen molar-refractivity contribution in [2.24, 2.45) is 0 Å². The predicted molar refractivity (Wildman–Crippen MR) is 60.3 cm³/mol. The van der Waals surface area contributed by atoms with E-state index in [1.54, 1.807) is 6.20 Å². The van der Waals surface area contributed by atoms with Gasteiger partial charge in [-0.3, -0.25) is 0 Å². The van der Waals surface area contributed by atoms with Crippen LogP contribution in [-0.2, 0) is 0 Å². The van der Waals surface area contributed by atoms with Crippen LogP contribution in [0.3, 0.4) is 0 Å². The van der Waals surface area contributed by atoms with E-state index >= 15 is 0 Å². The first-order valence-electron chi connectivity index (χ1n) is 4.90. The number of aryl methyl sites for hydroxylation is 1. The van der Waals surface area contributed by atoms with Gasteiger partial charge in [-0.05, 0) is 37.6 Å². The molecule has 0 saturated carbocycles. The summed E-state index contributed by atoms with van der Waals surface area (Å²) in [5.74, 6) is -0.286. The fourth-order valence-corrected chi connectivity index (χ4v) is 1.53. The van der Waals surface area contributed by atoms with Crippen molar-refractivity contribution in [3.63, 3.8) is 0 Å². The first kappa shape index (κ1) is 11.1. The standard InChI is InChI=1S/C11H11ClFN3/c1-7-3-9(13)5-10(4-7)16-6-11(8(2)12)14-15-16/h3-6,8H,1-2H3. The van der Waals surface area contributed by atoms with Crippen LogP contribution < -0.4 is 0 Å². The lowest BCUT2D eigenvalue weighted by molar-refractivity contribution is 0.623. The molecule has 0 aliphatic carbocycles. The molecule has 0 aliphatic rings. The van der Waals surface area contributed by atoms with Crippen LogP contribution in [0.15, 0.2) is 24.4 Å². The van der Waals surface area contributed by atoms with Gasteiger partial charge in [-0.15, -0.1) is 16.7 Å². The lowest BCUT2D eigenvalue weighted by Crippen LogP contribution is -1.96. The SMILES string of the molecule is Cc1cc(F)cc(-n2cc(C(C)Cl)nn2)c1. The summed E-state index contributed by atoms with van der Waals surface area (Å²) in [6.07, 6.45) is 1.70. The van der Waals surface area contributed by atoms with Crippen molar-refractivity contribution in [3.8, 4) is 5.69 Å². The molecular weight excluding hydrogens is 229 g/mol. The minimum absolute atomic E-state index is 0.205. The fourth-order valence-electron chi connectivity index (χ4n) is 1.43. The number of nitrogens with zero attached hydrogens (tertiary/aromatic N) is 3. The van der Waals surface area contributed by atoms with E-state index in [0.29, 0.717) is 11.4 Å². The maximum atomic E-state index is 13.2. The zero-order chi connectivity index (χ0) is 11.7. The van der Waals surface area contributed by atoms with Crippen LogP contribution in [-0.4, -0.2) is 15.0 Å². The van der Waals surface area contributed by atoms with Crippen molar-refractivity contribution in [3.05, 3.63) is 41.5 Å². The molecule has 1 aromatic heterocycles. The quantitative estimate of drug-likeness (QED) is 0.755. The van der Waals surface area contributed by atoms with Crippen molar-refractivity contribution in [1.82, 2.24) is 15.0 Å². The van der Waals surface area contributed by atoms with Gasteiger partial charge in [0.15, 0.2) is 0 Å². The van der Waals surface area contributed by atoms with Gasteiger partial charge in [0, 0.05) is 0 Å². The van der Waals surface area contributed by atoms with Crippen molar-refractivity contribution in [2.45, 2.75) is 19.2 Å². The van der Waals surface area contributed by atoms with Crippen LogP contribution in [0, 0.1) is 12.7 Å². The van der Waals surface area contributed by atoms with Gasteiger partial charge < -0.3 is 0 Å². The summed E-state index contributed by atoms with van der Waals surface area (Å²) < 4.78 is 14.7. The molecule has 2 rings (SSSR count). The van der Waals surface area contributed by atoms with E-state index in [2.05, 4.69) is 10.3 Å². The number of hydrogen-bond donors (Lipinski definition) is 0. The van der Waals surface area contributed by atoms with E-state index in [4.69, 9.17) is 11.6 Å². The minimum Gasteiger partial charge on any atom is -0.220 e. The van der Waals surface area contributed by atoms with Crippen LogP contribution in [0.1, 0.15) is 23.6 Å². The van der Waals surface area contributed by atoms with E-state index in [1.807, 2.05) is 19.9 Å². The second-order valence-electron chi connectivity index (χ2n) is 3.69. The summed E-state index contributed by atoms with van der Waals surface area (Å²) in [5, 5.41) is 7.61. The van der Waals surface area contributed by atoms with Gasteiger partial charge in [-0.2, -0.15) is 0 Å². The van der Waals surface area contributed by atoms with Crippen molar-refractivity contribution >= 4 is 11.6 Å². The molecule has 3 nitrogen and oxygen atoms in total. The molecule has 1 aromatic carbocycles. The number of aromatic nitrogens is 3. The smallest absolute Gasteiger partial charge is 0.125 e. The normalized spacial score (nSPS) is 12.8. The summed E-state index contributed by atoms with van der Waals surface area (Å²) >= 11 is 5.88. The van der Waals surface area contributed by atoms with Crippen LogP contribution in [0.2, 0.25) is 0 Å².